The zero-order valence-corrected chi connectivity index (χ0v) is 9.35. The summed E-state index contributed by atoms with van der Waals surface area (Å²) in [4.78, 5) is 0. The predicted molar refractivity (Wildman–Crippen MR) is 64.4 cm³/mol. The first-order valence-electron chi connectivity index (χ1n) is 5.51. The van der Waals surface area contributed by atoms with Crippen LogP contribution in [0.15, 0.2) is 47.7 Å². The van der Waals surface area contributed by atoms with Crippen molar-refractivity contribution in [3.63, 3.8) is 0 Å². The number of benzene rings is 1. The highest BCUT2D eigenvalue weighted by Crippen LogP contribution is 2.26. The molecule has 2 heteroatoms. The second-order valence-corrected chi connectivity index (χ2v) is 4.35. The Hall–Kier alpha value is -1.70. The first-order chi connectivity index (χ1) is 7.65. The van der Waals surface area contributed by atoms with Gasteiger partial charge in [-0.1, -0.05) is 30.7 Å². The number of hydrogen-bond donors (Lipinski definition) is 2. The number of hydrogen-bond acceptors (Lipinski definition) is 2. The van der Waals surface area contributed by atoms with Crippen LogP contribution >= 0.6 is 0 Å². The van der Waals surface area contributed by atoms with Crippen LogP contribution in [0.1, 0.15) is 18.9 Å². The van der Waals surface area contributed by atoms with Crippen molar-refractivity contribution in [1.29, 1.82) is 0 Å². The van der Waals surface area contributed by atoms with E-state index in [4.69, 9.17) is 0 Å². The van der Waals surface area contributed by atoms with Gasteiger partial charge in [-0.25, -0.2) is 0 Å². The summed E-state index contributed by atoms with van der Waals surface area (Å²) in [7, 11) is 0. The molecule has 0 saturated heterocycles. The van der Waals surface area contributed by atoms with E-state index in [0.717, 1.165) is 12.8 Å². The van der Waals surface area contributed by atoms with Gasteiger partial charge in [0.25, 0.3) is 0 Å². The van der Waals surface area contributed by atoms with E-state index in [9.17, 15) is 10.2 Å². The molecule has 1 aromatic carbocycles. The van der Waals surface area contributed by atoms with Crippen molar-refractivity contribution >= 4 is 0 Å². The number of rotatable bonds is 2. The van der Waals surface area contributed by atoms with Crippen LogP contribution in [0.4, 0.5) is 0 Å². The molecule has 0 heterocycles. The van der Waals surface area contributed by atoms with Gasteiger partial charge in [-0.3, -0.25) is 0 Å². The van der Waals surface area contributed by atoms with Crippen molar-refractivity contribution in [2.45, 2.75) is 19.8 Å². The van der Waals surface area contributed by atoms with E-state index in [1.54, 1.807) is 18.2 Å². The summed E-state index contributed by atoms with van der Waals surface area (Å²) in [5, 5.41) is 18.6. The summed E-state index contributed by atoms with van der Waals surface area (Å²) in [5.74, 6) is 1.15. The molecule has 84 valence electrons. The maximum atomic E-state index is 9.38. The summed E-state index contributed by atoms with van der Waals surface area (Å²) >= 11 is 0. The second kappa shape index (κ2) is 4.44. The number of allylic oxidation sites excluding steroid dienone is 4. The van der Waals surface area contributed by atoms with Gasteiger partial charge in [0, 0.05) is 6.42 Å². The monoisotopic (exact) mass is 216 g/mol. The van der Waals surface area contributed by atoms with Gasteiger partial charge in [0.1, 0.15) is 5.75 Å². The molecule has 1 aromatic rings. The summed E-state index contributed by atoms with van der Waals surface area (Å²) in [6, 6.07) is 7.27. The van der Waals surface area contributed by atoms with Gasteiger partial charge in [-0.2, -0.15) is 0 Å². The van der Waals surface area contributed by atoms with Crippen molar-refractivity contribution in [2.75, 3.05) is 0 Å². The molecule has 0 unspecified atom stereocenters. The molecule has 0 bridgehead atoms. The van der Waals surface area contributed by atoms with Crippen molar-refractivity contribution in [3.8, 4) is 5.75 Å². The fraction of sp³-hybridized carbons (Fsp3) is 0.286. The molecule has 16 heavy (non-hydrogen) atoms. The maximum Gasteiger partial charge on any atom is 0.115 e. The van der Waals surface area contributed by atoms with Crippen LogP contribution in [0.25, 0.3) is 0 Å². The van der Waals surface area contributed by atoms with Gasteiger partial charge in [0.05, 0.1) is 5.76 Å². The van der Waals surface area contributed by atoms with E-state index >= 15 is 0 Å². The Bertz CT molecular complexity index is 427. The average molecular weight is 216 g/mol. The number of aromatic hydroxyl groups is 1. The van der Waals surface area contributed by atoms with Gasteiger partial charge in [-0.15, -0.1) is 0 Å². The molecule has 2 nitrogen and oxygen atoms in total. The van der Waals surface area contributed by atoms with Gasteiger partial charge < -0.3 is 10.2 Å². The third-order valence-electron chi connectivity index (χ3n) is 2.98. The van der Waals surface area contributed by atoms with Crippen LogP contribution in [-0.4, -0.2) is 10.2 Å². The standard InChI is InChI=1S/C14H16O2/c1-10-8-14(16)7-4-12(10)9-11-2-5-13(15)6-3-11/h2-7,10,15-16H,8-9H2,1H3/t10-/m0/s1. The Morgan fingerprint density at radius 2 is 1.81 bits per heavy atom. The van der Waals surface area contributed by atoms with Crippen molar-refractivity contribution < 1.29 is 10.2 Å². The van der Waals surface area contributed by atoms with Gasteiger partial charge in [-0.05, 0) is 36.1 Å². The predicted octanol–water partition coefficient (Wildman–Crippen LogP) is 3.34. The zero-order valence-electron chi connectivity index (χ0n) is 9.35. The van der Waals surface area contributed by atoms with E-state index in [0.29, 0.717) is 17.4 Å². The first-order valence-corrected chi connectivity index (χ1v) is 5.51. The van der Waals surface area contributed by atoms with Crippen LogP contribution in [-0.2, 0) is 6.42 Å². The molecule has 2 N–H and O–H groups in total. The maximum absolute atomic E-state index is 9.38. The SMILES string of the molecule is C[C@H]1CC(O)=CC=C1Cc1ccc(O)cc1. The highest BCUT2D eigenvalue weighted by Gasteiger charge is 2.14. The molecule has 0 radical (unpaired) electrons. The highest BCUT2D eigenvalue weighted by atomic mass is 16.3. The lowest BCUT2D eigenvalue weighted by atomic mass is 9.88. The highest BCUT2D eigenvalue weighted by molar-refractivity contribution is 5.32. The lowest BCUT2D eigenvalue weighted by Crippen LogP contribution is -2.07. The molecule has 0 spiro atoms. The van der Waals surface area contributed by atoms with E-state index in [1.807, 2.05) is 18.2 Å². The molecule has 1 aliphatic carbocycles. The molecule has 0 aromatic heterocycles. The molecule has 0 saturated carbocycles. The molecular formula is C14H16O2. The average Bonchev–Trinajstić information content (AvgIpc) is 2.25. The third kappa shape index (κ3) is 2.45. The van der Waals surface area contributed by atoms with Crippen LogP contribution < -0.4 is 0 Å². The smallest absolute Gasteiger partial charge is 0.115 e. The Balaban J connectivity index is 2.13. The van der Waals surface area contributed by atoms with E-state index in [-0.39, 0.29) is 0 Å². The summed E-state index contributed by atoms with van der Waals surface area (Å²) in [6.07, 6.45) is 5.38. The fourth-order valence-electron chi connectivity index (χ4n) is 1.96. The van der Waals surface area contributed by atoms with Crippen molar-refractivity contribution in [3.05, 3.63) is 53.3 Å². The summed E-state index contributed by atoms with van der Waals surface area (Å²) in [5.41, 5.74) is 2.51. The van der Waals surface area contributed by atoms with Crippen LogP contribution in [0.5, 0.6) is 5.75 Å². The molecule has 2 rings (SSSR count). The number of aliphatic hydroxyl groups excluding tert-OH is 1. The quantitative estimate of drug-likeness (QED) is 0.796. The van der Waals surface area contributed by atoms with Crippen molar-refractivity contribution in [2.24, 2.45) is 5.92 Å². The molecule has 0 aliphatic heterocycles. The van der Waals surface area contributed by atoms with E-state index in [1.165, 1.54) is 11.1 Å². The van der Waals surface area contributed by atoms with Gasteiger partial charge >= 0.3 is 0 Å². The molecule has 1 atom stereocenters. The Morgan fingerprint density at radius 3 is 2.44 bits per heavy atom. The lowest BCUT2D eigenvalue weighted by molar-refractivity contribution is 0.364. The van der Waals surface area contributed by atoms with Gasteiger partial charge in [0.2, 0.25) is 0 Å². The van der Waals surface area contributed by atoms with Crippen molar-refractivity contribution in [1.82, 2.24) is 0 Å². The molecular weight excluding hydrogens is 200 g/mol. The Morgan fingerprint density at radius 1 is 1.12 bits per heavy atom. The second-order valence-electron chi connectivity index (χ2n) is 4.35. The number of phenols is 1. The minimum Gasteiger partial charge on any atom is -0.512 e. The molecule has 1 aliphatic rings. The normalized spacial score (nSPS) is 20.2. The number of aliphatic hydroxyl groups is 1. The van der Waals surface area contributed by atoms with Crippen LogP contribution in [0.3, 0.4) is 0 Å². The lowest BCUT2D eigenvalue weighted by Gasteiger charge is -2.19. The number of phenolic OH excluding ortho intramolecular Hbond substituents is 1. The minimum absolute atomic E-state index is 0.298. The molecule has 0 fully saturated rings. The fourth-order valence-corrected chi connectivity index (χ4v) is 1.96. The van der Waals surface area contributed by atoms with E-state index < -0.39 is 0 Å². The topological polar surface area (TPSA) is 40.5 Å². The Labute approximate surface area is 95.6 Å². The summed E-state index contributed by atoms with van der Waals surface area (Å²) in [6.45, 7) is 2.12. The third-order valence-corrected chi connectivity index (χ3v) is 2.98. The van der Waals surface area contributed by atoms with Crippen LogP contribution in [0.2, 0.25) is 0 Å². The largest absolute Gasteiger partial charge is 0.512 e. The van der Waals surface area contributed by atoms with Crippen LogP contribution in [0, 0.1) is 5.92 Å². The minimum atomic E-state index is 0.298. The Kier molecular flexibility index (Phi) is 3.00. The van der Waals surface area contributed by atoms with E-state index in [2.05, 4.69) is 6.92 Å². The first kappa shape index (κ1) is 10.8. The van der Waals surface area contributed by atoms with Gasteiger partial charge in [0.15, 0.2) is 0 Å². The summed E-state index contributed by atoms with van der Waals surface area (Å²) < 4.78 is 0. The molecule has 0 amide bonds. The zero-order chi connectivity index (χ0) is 11.5.